The molecule has 2 aromatic heterocycles. The third kappa shape index (κ3) is 3.72. The lowest BCUT2D eigenvalue weighted by Crippen LogP contribution is -2.13. The molecule has 0 unspecified atom stereocenters. The monoisotopic (exact) mass is 307 g/mol. The molecule has 0 saturated heterocycles. The smallest absolute Gasteiger partial charge is 0.341 e. The Hall–Kier alpha value is -2.08. The van der Waals surface area contributed by atoms with Gasteiger partial charge in [0.1, 0.15) is 5.00 Å². The quantitative estimate of drug-likeness (QED) is 0.826. The van der Waals surface area contributed by atoms with Gasteiger partial charge in [-0.1, -0.05) is 13.3 Å². The SMILES string of the molecule is CCCc1cc(C(=O)OCC)c(NC(=O)c2ccco2)s1. The Morgan fingerprint density at radius 3 is 2.81 bits per heavy atom. The summed E-state index contributed by atoms with van der Waals surface area (Å²) in [7, 11) is 0. The number of aryl methyl sites for hydroxylation is 1. The number of thiophene rings is 1. The molecule has 1 amide bonds. The summed E-state index contributed by atoms with van der Waals surface area (Å²) in [5.41, 5.74) is 0.394. The Morgan fingerprint density at radius 1 is 1.38 bits per heavy atom. The molecule has 0 aliphatic heterocycles. The summed E-state index contributed by atoms with van der Waals surface area (Å²) in [6.45, 7) is 4.10. The van der Waals surface area contributed by atoms with Gasteiger partial charge in [-0.05, 0) is 31.5 Å². The summed E-state index contributed by atoms with van der Waals surface area (Å²) in [4.78, 5) is 25.0. The van der Waals surface area contributed by atoms with Gasteiger partial charge in [0.2, 0.25) is 0 Å². The van der Waals surface area contributed by atoms with Gasteiger partial charge in [0.25, 0.3) is 5.91 Å². The highest BCUT2D eigenvalue weighted by atomic mass is 32.1. The number of nitrogens with one attached hydrogen (secondary N) is 1. The molecule has 0 atom stereocenters. The number of rotatable bonds is 6. The lowest BCUT2D eigenvalue weighted by molar-refractivity contribution is 0.0528. The molecule has 2 rings (SSSR count). The summed E-state index contributed by atoms with van der Waals surface area (Å²) in [6, 6.07) is 4.99. The zero-order valence-electron chi connectivity index (χ0n) is 12.0. The van der Waals surface area contributed by atoms with Crippen molar-refractivity contribution in [3.63, 3.8) is 0 Å². The van der Waals surface area contributed by atoms with Crippen molar-refractivity contribution in [1.82, 2.24) is 0 Å². The van der Waals surface area contributed by atoms with Crippen molar-refractivity contribution in [2.24, 2.45) is 0 Å². The minimum Gasteiger partial charge on any atom is -0.462 e. The number of anilines is 1. The normalized spacial score (nSPS) is 10.4. The van der Waals surface area contributed by atoms with Gasteiger partial charge in [0.05, 0.1) is 18.4 Å². The fourth-order valence-corrected chi connectivity index (χ4v) is 2.98. The van der Waals surface area contributed by atoms with Crippen molar-refractivity contribution in [3.05, 3.63) is 40.7 Å². The van der Waals surface area contributed by atoms with Crippen LogP contribution in [0.15, 0.2) is 28.9 Å². The van der Waals surface area contributed by atoms with E-state index in [0.29, 0.717) is 17.2 Å². The van der Waals surface area contributed by atoms with Gasteiger partial charge >= 0.3 is 5.97 Å². The van der Waals surface area contributed by atoms with Crippen LogP contribution in [0.5, 0.6) is 0 Å². The summed E-state index contributed by atoms with van der Waals surface area (Å²) < 4.78 is 10.1. The average Bonchev–Trinajstić information content (AvgIpc) is 3.09. The van der Waals surface area contributed by atoms with Crippen LogP contribution in [0, 0.1) is 0 Å². The molecule has 0 bridgehead atoms. The van der Waals surface area contributed by atoms with E-state index in [1.54, 1.807) is 25.1 Å². The number of hydrogen-bond acceptors (Lipinski definition) is 5. The van der Waals surface area contributed by atoms with E-state index < -0.39 is 5.97 Å². The van der Waals surface area contributed by atoms with E-state index in [0.717, 1.165) is 17.7 Å². The van der Waals surface area contributed by atoms with E-state index in [9.17, 15) is 9.59 Å². The number of carbonyl (C=O) groups is 2. The maximum Gasteiger partial charge on any atom is 0.341 e. The zero-order valence-corrected chi connectivity index (χ0v) is 12.8. The minimum absolute atomic E-state index is 0.204. The predicted octanol–water partition coefficient (Wildman–Crippen LogP) is 3.72. The predicted molar refractivity (Wildman–Crippen MR) is 80.9 cm³/mol. The molecule has 0 spiro atoms. The van der Waals surface area contributed by atoms with Crippen molar-refractivity contribution < 1.29 is 18.7 Å². The van der Waals surface area contributed by atoms with Crippen molar-refractivity contribution in [3.8, 4) is 0 Å². The van der Waals surface area contributed by atoms with Crippen molar-refractivity contribution in [2.45, 2.75) is 26.7 Å². The van der Waals surface area contributed by atoms with Gasteiger partial charge < -0.3 is 14.5 Å². The molecular weight excluding hydrogens is 290 g/mol. The van der Waals surface area contributed by atoms with E-state index in [1.807, 2.05) is 0 Å². The van der Waals surface area contributed by atoms with Crippen molar-refractivity contribution in [1.29, 1.82) is 0 Å². The fraction of sp³-hybridized carbons (Fsp3) is 0.333. The molecule has 2 heterocycles. The van der Waals surface area contributed by atoms with Gasteiger partial charge in [0, 0.05) is 4.88 Å². The first-order valence-corrected chi connectivity index (χ1v) is 7.62. The number of carbonyl (C=O) groups excluding carboxylic acids is 2. The van der Waals surface area contributed by atoms with Crippen LogP contribution in [0.25, 0.3) is 0 Å². The van der Waals surface area contributed by atoms with Crippen LogP contribution in [-0.4, -0.2) is 18.5 Å². The second-order valence-corrected chi connectivity index (χ2v) is 5.49. The van der Waals surface area contributed by atoms with Crippen LogP contribution in [-0.2, 0) is 11.2 Å². The molecule has 2 aromatic rings. The average molecular weight is 307 g/mol. The number of ether oxygens (including phenoxy) is 1. The van der Waals surface area contributed by atoms with Crippen LogP contribution < -0.4 is 5.32 Å². The second-order valence-electron chi connectivity index (χ2n) is 4.36. The van der Waals surface area contributed by atoms with E-state index in [4.69, 9.17) is 9.15 Å². The first-order chi connectivity index (χ1) is 10.2. The molecule has 5 nitrogen and oxygen atoms in total. The highest BCUT2D eigenvalue weighted by molar-refractivity contribution is 7.16. The van der Waals surface area contributed by atoms with Gasteiger partial charge in [0.15, 0.2) is 5.76 Å². The molecule has 0 saturated carbocycles. The largest absolute Gasteiger partial charge is 0.462 e. The Balaban J connectivity index is 2.23. The van der Waals surface area contributed by atoms with Crippen LogP contribution >= 0.6 is 11.3 Å². The first kappa shape index (κ1) is 15.3. The maximum atomic E-state index is 12.0. The zero-order chi connectivity index (χ0) is 15.2. The second kappa shape index (κ2) is 7.08. The van der Waals surface area contributed by atoms with E-state index in [-0.39, 0.29) is 11.7 Å². The Bertz CT molecular complexity index is 616. The summed E-state index contributed by atoms with van der Waals surface area (Å²) in [6.07, 6.45) is 3.25. The Kier molecular flexibility index (Phi) is 5.16. The first-order valence-electron chi connectivity index (χ1n) is 6.80. The number of esters is 1. The van der Waals surface area contributed by atoms with Crippen LogP contribution in [0.4, 0.5) is 5.00 Å². The van der Waals surface area contributed by atoms with E-state index >= 15 is 0 Å². The summed E-state index contributed by atoms with van der Waals surface area (Å²) in [5, 5.41) is 3.21. The molecule has 0 aliphatic carbocycles. The van der Waals surface area contributed by atoms with Crippen molar-refractivity contribution >= 4 is 28.2 Å². The van der Waals surface area contributed by atoms with E-state index in [1.165, 1.54) is 17.6 Å². The number of furan rings is 1. The molecule has 1 N–H and O–H groups in total. The van der Waals surface area contributed by atoms with Gasteiger partial charge in [-0.2, -0.15) is 0 Å². The summed E-state index contributed by atoms with van der Waals surface area (Å²) >= 11 is 1.39. The molecule has 6 heteroatoms. The van der Waals surface area contributed by atoms with Crippen molar-refractivity contribution in [2.75, 3.05) is 11.9 Å². The minimum atomic E-state index is -0.425. The molecular formula is C15H17NO4S. The topological polar surface area (TPSA) is 68.5 Å². The third-order valence-electron chi connectivity index (χ3n) is 2.75. The van der Waals surface area contributed by atoms with Gasteiger partial charge in [-0.3, -0.25) is 4.79 Å². The van der Waals surface area contributed by atoms with Crippen LogP contribution in [0.2, 0.25) is 0 Å². The lowest BCUT2D eigenvalue weighted by Gasteiger charge is -2.04. The maximum absolute atomic E-state index is 12.0. The molecule has 0 radical (unpaired) electrons. The standard InChI is InChI=1S/C15H17NO4S/c1-3-6-10-9-11(15(18)19-4-2)14(21-10)16-13(17)12-7-5-8-20-12/h5,7-9H,3-4,6H2,1-2H3,(H,16,17). The lowest BCUT2D eigenvalue weighted by atomic mass is 10.2. The highest BCUT2D eigenvalue weighted by Gasteiger charge is 2.20. The third-order valence-corrected chi connectivity index (χ3v) is 3.86. The molecule has 0 aromatic carbocycles. The number of hydrogen-bond donors (Lipinski definition) is 1. The Morgan fingerprint density at radius 2 is 2.19 bits per heavy atom. The summed E-state index contributed by atoms with van der Waals surface area (Å²) in [5.74, 6) is -0.600. The molecule has 0 aliphatic rings. The Labute approximate surface area is 126 Å². The van der Waals surface area contributed by atoms with Crippen LogP contribution in [0.1, 0.15) is 46.1 Å². The van der Waals surface area contributed by atoms with Crippen LogP contribution in [0.3, 0.4) is 0 Å². The van der Waals surface area contributed by atoms with Gasteiger partial charge in [-0.15, -0.1) is 11.3 Å². The molecule has 0 fully saturated rings. The highest BCUT2D eigenvalue weighted by Crippen LogP contribution is 2.30. The van der Waals surface area contributed by atoms with Gasteiger partial charge in [-0.25, -0.2) is 4.79 Å². The fourth-order valence-electron chi connectivity index (χ4n) is 1.84. The van der Waals surface area contributed by atoms with E-state index in [2.05, 4.69) is 12.2 Å². The number of amides is 1. The molecule has 21 heavy (non-hydrogen) atoms. The molecule has 112 valence electrons.